The van der Waals surface area contributed by atoms with Crippen LogP contribution >= 0.6 is 0 Å². The van der Waals surface area contributed by atoms with Crippen molar-refractivity contribution in [1.82, 2.24) is 5.32 Å². The first-order chi connectivity index (χ1) is 7.83. The first-order valence-corrected chi connectivity index (χ1v) is 5.47. The van der Waals surface area contributed by atoms with E-state index in [4.69, 9.17) is 10.5 Å². The van der Waals surface area contributed by atoms with Gasteiger partial charge in [-0.05, 0) is 18.6 Å². The highest BCUT2D eigenvalue weighted by atomic mass is 16.5. The maximum Gasteiger partial charge on any atom is 0.221 e. The summed E-state index contributed by atoms with van der Waals surface area (Å²) in [6.07, 6.45) is 1.19. The van der Waals surface area contributed by atoms with Gasteiger partial charge in [0.05, 0.1) is 6.61 Å². The molecule has 1 rings (SSSR count). The van der Waals surface area contributed by atoms with Gasteiger partial charge in [0.1, 0.15) is 5.75 Å². The number of nitrogens with one attached hydrogen (secondary N) is 1. The molecule has 4 nitrogen and oxygen atoms in total. The number of amides is 1. The van der Waals surface area contributed by atoms with Crippen molar-refractivity contribution < 1.29 is 9.53 Å². The standard InChI is InChI=1S/C12H18N2O2/c13-8-7-12(15)14-9-4-10-16-11-5-2-1-3-6-11/h1-3,5-6H,4,7-10,13H2,(H,14,15). The molecule has 0 radical (unpaired) electrons. The van der Waals surface area contributed by atoms with Crippen LogP contribution in [0.1, 0.15) is 12.8 Å². The van der Waals surface area contributed by atoms with Crippen molar-refractivity contribution >= 4 is 5.91 Å². The molecule has 0 fully saturated rings. The first-order valence-electron chi connectivity index (χ1n) is 5.47. The maximum atomic E-state index is 11.0. The van der Waals surface area contributed by atoms with E-state index in [2.05, 4.69) is 5.32 Å². The highest BCUT2D eigenvalue weighted by Crippen LogP contribution is 2.07. The van der Waals surface area contributed by atoms with E-state index in [0.29, 0.717) is 26.1 Å². The molecule has 1 aromatic carbocycles. The van der Waals surface area contributed by atoms with Crippen LogP contribution in [0.4, 0.5) is 0 Å². The predicted molar refractivity (Wildman–Crippen MR) is 63.2 cm³/mol. The van der Waals surface area contributed by atoms with Crippen molar-refractivity contribution in [1.29, 1.82) is 0 Å². The SMILES string of the molecule is NCCC(=O)NCCCOc1ccccc1. The fourth-order valence-electron chi connectivity index (χ4n) is 1.23. The summed E-state index contributed by atoms with van der Waals surface area (Å²) >= 11 is 0. The van der Waals surface area contributed by atoms with Crippen LogP contribution in [0.2, 0.25) is 0 Å². The van der Waals surface area contributed by atoms with Gasteiger partial charge in [-0.25, -0.2) is 0 Å². The minimum absolute atomic E-state index is 0.00205. The topological polar surface area (TPSA) is 64.4 Å². The van der Waals surface area contributed by atoms with Gasteiger partial charge in [-0.15, -0.1) is 0 Å². The minimum Gasteiger partial charge on any atom is -0.494 e. The molecule has 16 heavy (non-hydrogen) atoms. The Hall–Kier alpha value is -1.55. The third kappa shape index (κ3) is 5.36. The monoisotopic (exact) mass is 222 g/mol. The summed E-state index contributed by atoms with van der Waals surface area (Å²) < 4.78 is 5.47. The Labute approximate surface area is 95.8 Å². The largest absolute Gasteiger partial charge is 0.494 e. The van der Waals surface area contributed by atoms with Crippen LogP contribution in [-0.4, -0.2) is 25.6 Å². The summed E-state index contributed by atoms with van der Waals surface area (Å²) in [5.41, 5.74) is 5.25. The molecular weight excluding hydrogens is 204 g/mol. The van der Waals surface area contributed by atoms with E-state index < -0.39 is 0 Å². The Morgan fingerprint density at radius 2 is 2.06 bits per heavy atom. The Morgan fingerprint density at radius 3 is 2.75 bits per heavy atom. The van der Waals surface area contributed by atoms with Gasteiger partial charge in [-0.1, -0.05) is 18.2 Å². The zero-order chi connectivity index (χ0) is 11.6. The summed E-state index contributed by atoms with van der Waals surface area (Å²) in [7, 11) is 0. The van der Waals surface area contributed by atoms with Crippen molar-refractivity contribution in [3.63, 3.8) is 0 Å². The van der Waals surface area contributed by atoms with Crippen molar-refractivity contribution in [2.45, 2.75) is 12.8 Å². The predicted octanol–water partition coefficient (Wildman–Crippen LogP) is 0.920. The lowest BCUT2D eigenvalue weighted by Gasteiger charge is -2.06. The van der Waals surface area contributed by atoms with Gasteiger partial charge < -0.3 is 15.8 Å². The lowest BCUT2D eigenvalue weighted by molar-refractivity contribution is -0.120. The zero-order valence-electron chi connectivity index (χ0n) is 9.32. The number of rotatable bonds is 7. The number of ether oxygens (including phenoxy) is 1. The first kappa shape index (κ1) is 12.5. The van der Waals surface area contributed by atoms with Gasteiger partial charge in [0.2, 0.25) is 5.91 Å². The summed E-state index contributed by atoms with van der Waals surface area (Å²) in [6.45, 7) is 1.63. The number of carbonyl (C=O) groups excluding carboxylic acids is 1. The Kier molecular flexibility index (Phi) is 6.03. The summed E-state index contributed by atoms with van der Waals surface area (Å²) in [5.74, 6) is 0.859. The van der Waals surface area contributed by atoms with E-state index in [-0.39, 0.29) is 5.91 Å². The molecule has 4 heteroatoms. The Morgan fingerprint density at radius 1 is 1.31 bits per heavy atom. The van der Waals surface area contributed by atoms with Crippen LogP contribution in [0, 0.1) is 0 Å². The lowest BCUT2D eigenvalue weighted by atomic mass is 10.3. The number of carbonyl (C=O) groups is 1. The van der Waals surface area contributed by atoms with Gasteiger partial charge in [-0.3, -0.25) is 4.79 Å². The second kappa shape index (κ2) is 7.70. The smallest absolute Gasteiger partial charge is 0.221 e. The molecule has 0 aromatic heterocycles. The highest BCUT2D eigenvalue weighted by Gasteiger charge is 1.97. The quantitative estimate of drug-likeness (QED) is 0.674. The van der Waals surface area contributed by atoms with Crippen molar-refractivity contribution in [2.24, 2.45) is 5.73 Å². The van der Waals surface area contributed by atoms with E-state index in [1.807, 2.05) is 30.3 Å². The van der Waals surface area contributed by atoms with E-state index >= 15 is 0 Å². The van der Waals surface area contributed by atoms with E-state index in [9.17, 15) is 4.79 Å². The zero-order valence-corrected chi connectivity index (χ0v) is 9.32. The van der Waals surface area contributed by atoms with Gasteiger partial charge >= 0.3 is 0 Å². The number of para-hydroxylation sites is 1. The molecule has 0 unspecified atom stereocenters. The Balaban J connectivity index is 2.02. The molecule has 0 saturated heterocycles. The highest BCUT2D eigenvalue weighted by molar-refractivity contribution is 5.75. The van der Waals surface area contributed by atoms with Crippen LogP contribution in [0.3, 0.4) is 0 Å². The summed E-state index contributed by atoms with van der Waals surface area (Å²) in [4.78, 5) is 11.0. The average Bonchev–Trinajstić information content (AvgIpc) is 2.30. The molecule has 0 spiro atoms. The van der Waals surface area contributed by atoms with Gasteiger partial charge in [-0.2, -0.15) is 0 Å². The number of hydrogen-bond donors (Lipinski definition) is 2. The second-order valence-corrected chi connectivity index (χ2v) is 3.40. The summed E-state index contributed by atoms with van der Waals surface area (Å²) in [6, 6.07) is 9.62. The van der Waals surface area contributed by atoms with Gasteiger partial charge in [0, 0.05) is 19.5 Å². The molecule has 0 saturated carbocycles. The van der Waals surface area contributed by atoms with Crippen LogP contribution in [0.25, 0.3) is 0 Å². The Bertz CT molecular complexity index is 301. The molecule has 0 heterocycles. The van der Waals surface area contributed by atoms with E-state index in [1.165, 1.54) is 0 Å². The van der Waals surface area contributed by atoms with Crippen LogP contribution in [0.5, 0.6) is 5.75 Å². The normalized spacial score (nSPS) is 9.81. The number of hydrogen-bond acceptors (Lipinski definition) is 3. The van der Waals surface area contributed by atoms with Gasteiger partial charge in [0.15, 0.2) is 0 Å². The van der Waals surface area contributed by atoms with Crippen LogP contribution < -0.4 is 15.8 Å². The average molecular weight is 222 g/mol. The van der Waals surface area contributed by atoms with Crippen LogP contribution in [0.15, 0.2) is 30.3 Å². The molecule has 0 atom stereocenters. The van der Waals surface area contributed by atoms with Crippen molar-refractivity contribution in [3.05, 3.63) is 30.3 Å². The van der Waals surface area contributed by atoms with E-state index in [0.717, 1.165) is 12.2 Å². The number of benzene rings is 1. The van der Waals surface area contributed by atoms with Crippen molar-refractivity contribution in [2.75, 3.05) is 19.7 Å². The molecule has 0 bridgehead atoms. The summed E-state index contributed by atoms with van der Waals surface area (Å²) in [5, 5.41) is 2.77. The van der Waals surface area contributed by atoms with Crippen LogP contribution in [-0.2, 0) is 4.79 Å². The molecule has 1 aromatic rings. The molecule has 0 aliphatic rings. The molecular formula is C12H18N2O2. The molecule has 88 valence electrons. The molecule has 0 aliphatic carbocycles. The second-order valence-electron chi connectivity index (χ2n) is 3.40. The molecule has 1 amide bonds. The fourth-order valence-corrected chi connectivity index (χ4v) is 1.23. The number of nitrogens with two attached hydrogens (primary N) is 1. The van der Waals surface area contributed by atoms with Crippen molar-refractivity contribution in [3.8, 4) is 5.75 Å². The van der Waals surface area contributed by atoms with E-state index in [1.54, 1.807) is 0 Å². The molecule has 3 N–H and O–H groups in total. The fraction of sp³-hybridized carbons (Fsp3) is 0.417. The van der Waals surface area contributed by atoms with Gasteiger partial charge in [0.25, 0.3) is 0 Å². The third-order valence-electron chi connectivity index (χ3n) is 2.03. The maximum absolute atomic E-state index is 11.0. The lowest BCUT2D eigenvalue weighted by Crippen LogP contribution is -2.27. The molecule has 0 aliphatic heterocycles. The minimum atomic E-state index is 0.00205. The third-order valence-corrected chi connectivity index (χ3v) is 2.03.